The molecule has 0 spiro atoms. The molecule has 0 aliphatic heterocycles. The van der Waals surface area contributed by atoms with Crippen LogP contribution in [0.15, 0.2) is 0 Å². The van der Waals surface area contributed by atoms with Crippen LogP contribution < -0.4 is 5.73 Å². The van der Waals surface area contributed by atoms with Crippen molar-refractivity contribution in [2.24, 2.45) is 5.73 Å². The second-order valence-corrected chi connectivity index (χ2v) is 1.41. The Hall–Kier alpha value is -0.180. The van der Waals surface area contributed by atoms with Gasteiger partial charge in [0.2, 0.25) is 0 Å². The molecule has 0 fully saturated rings. The first-order chi connectivity index (χ1) is 3.18. The molecule has 0 aliphatic rings. The van der Waals surface area contributed by atoms with Gasteiger partial charge in [0, 0.05) is 0 Å². The van der Waals surface area contributed by atoms with E-state index in [-0.39, 0.29) is 0 Å². The summed E-state index contributed by atoms with van der Waals surface area (Å²) in [6.07, 6.45) is -2.01. The average molecular weight is 109 g/mol. The fraction of sp³-hybridized carbons (Fsp3) is 1.00. The molecule has 0 bridgehead atoms. The molecule has 3 heteroatoms. The number of hydrogen-bond acceptors (Lipinski definition) is 1. The van der Waals surface area contributed by atoms with E-state index in [0.29, 0.717) is 6.42 Å². The number of hydrogen-bond donors (Lipinski definition) is 1. The molecule has 0 aromatic heterocycles. The third-order valence-corrected chi connectivity index (χ3v) is 0.795. The Kier molecular flexibility index (Phi) is 2.83. The summed E-state index contributed by atoms with van der Waals surface area (Å²) >= 11 is 0. The van der Waals surface area contributed by atoms with E-state index in [1.54, 1.807) is 6.92 Å². The quantitative estimate of drug-likeness (QED) is 0.562. The molecule has 0 saturated heterocycles. The highest BCUT2D eigenvalue weighted by Gasteiger charge is 2.10. The lowest BCUT2D eigenvalue weighted by atomic mass is 10.3. The maximum absolute atomic E-state index is 11.3. The fourth-order valence-corrected chi connectivity index (χ4v) is 0.178. The van der Waals surface area contributed by atoms with Gasteiger partial charge in [0.05, 0.1) is 6.04 Å². The fourth-order valence-electron chi connectivity index (χ4n) is 0.178. The Morgan fingerprint density at radius 1 is 1.57 bits per heavy atom. The van der Waals surface area contributed by atoms with E-state index >= 15 is 0 Å². The summed E-state index contributed by atoms with van der Waals surface area (Å²) < 4.78 is 22.6. The zero-order valence-electron chi connectivity index (χ0n) is 4.20. The van der Waals surface area contributed by atoms with Gasteiger partial charge in [-0.15, -0.1) is 0 Å². The third kappa shape index (κ3) is 2.51. The zero-order chi connectivity index (χ0) is 5.86. The van der Waals surface area contributed by atoms with E-state index in [9.17, 15) is 8.78 Å². The largest absolute Gasteiger partial charge is 0.323 e. The van der Waals surface area contributed by atoms with Crippen molar-refractivity contribution in [2.75, 3.05) is 0 Å². The van der Waals surface area contributed by atoms with E-state index in [1.165, 1.54) is 0 Å². The van der Waals surface area contributed by atoms with Crippen molar-refractivity contribution in [1.82, 2.24) is 0 Å². The first-order valence-electron chi connectivity index (χ1n) is 2.22. The van der Waals surface area contributed by atoms with Gasteiger partial charge in [0.1, 0.15) is 0 Å². The van der Waals surface area contributed by atoms with Crippen molar-refractivity contribution in [3.8, 4) is 0 Å². The van der Waals surface area contributed by atoms with Gasteiger partial charge in [-0.3, -0.25) is 0 Å². The van der Waals surface area contributed by atoms with Gasteiger partial charge in [0.25, 0.3) is 6.43 Å². The second-order valence-electron chi connectivity index (χ2n) is 1.41. The summed E-state index contributed by atoms with van der Waals surface area (Å²) in [6.45, 7) is 1.64. The molecule has 0 amide bonds. The van der Waals surface area contributed by atoms with Crippen LogP contribution in [0.5, 0.6) is 0 Å². The number of halogens is 2. The first-order valence-corrected chi connectivity index (χ1v) is 2.22. The predicted molar refractivity (Wildman–Crippen MR) is 24.3 cm³/mol. The molecule has 1 nitrogen and oxygen atoms in total. The molecule has 44 valence electrons. The molecule has 1 atom stereocenters. The lowest BCUT2D eigenvalue weighted by Gasteiger charge is -2.03. The summed E-state index contributed by atoms with van der Waals surface area (Å²) in [6, 6.07) is -0.931. The van der Waals surface area contributed by atoms with Gasteiger partial charge >= 0.3 is 0 Å². The Bertz CT molecular complexity index is 47.0. The summed E-state index contributed by atoms with van der Waals surface area (Å²) in [5.74, 6) is 0. The second kappa shape index (κ2) is 2.91. The Morgan fingerprint density at radius 2 is 2.00 bits per heavy atom. The van der Waals surface area contributed by atoms with Gasteiger partial charge in [-0.25, -0.2) is 8.78 Å². The summed E-state index contributed by atoms with van der Waals surface area (Å²) in [4.78, 5) is 0. The molecule has 0 aliphatic carbocycles. The van der Waals surface area contributed by atoms with Crippen LogP contribution in [0, 0.1) is 0 Å². The van der Waals surface area contributed by atoms with Gasteiger partial charge in [0.15, 0.2) is 0 Å². The van der Waals surface area contributed by atoms with Crippen LogP contribution >= 0.6 is 0 Å². The smallest absolute Gasteiger partial charge is 0.253 e. The molecule has 0 aromatic rings. The van der Waals surface area contributed by atoms with Crippen molar-refractivity contribution in [2.45, 2.75) is 25.8 Å². The molecule has 0 rings (SSSR count). The van der Waals surface area contributed by atoms with Crippen LogP contribution in [-0.4, -0.2) is 12.5 Å². The van der Waals surface area contributed by atoms with E-state index in [1.807, 2.05) is 0 Å². The Labute approximate surface area is 41.5 Å². The summed E-state index contributed by atoms with van der Waals surface area (Å²) in [7, 11) is 0. The monoisotopic (exact) mass is 109 g/mol. The van der Waals surface area contributed by atoms with E-state index in [2.05, 4.69) is 0 Å². The lowest BCUT2D eigenvalue weighted by Crippen LogP contribution is -2.27. The summed E-state index contributed by atoms with van der Waals surface area (Å²) in [5, 5.41) is 0. The predicted octanol–water partition coefficient (Wildman–Crippen LogP) is 0.989. The van der Waals surface area contributed by atoms with Crippen LogP contribution in [0.3, 0.4) is 0 Å². The van der Waals surface area contributed by atoms with Crippen LogP contribution in [0.2, 0.25) is 0 Å². The lowest BCUT2D eigenvalue weighted by molar-refractivity contribution is 0.114. The van der Waals surface area contributed by atoms with Gasteiger partial charge < -0.3 is 5.73 Å². The highest BCUT2D eigenvalue weighted by Crippen LogP contribution is 1.99. The molecule has 0 radical (unpaired) electrons. The number of alkyl halides is 2. The normalized spacial score (nSPS) is 15.0. The topological polar surface area (TPSA) is 26.0 Å². The van der Waals surface area contributed by atoms with Crippen molar-refractivity contribution < 1.29 is 8.78 Å². The van der Waals surface area contributed by atoms with Crippen LogP contribution in [-0.2, 0) is 0 Å². The van der Waals surface area contributed by atoms with E-state index < -0.39 is 12.5 Å². The third-order valence-electron chi connectivity index (χ3n) is 0.795. The average Bonchev–Trinajstić information content (AvgIpc) is 1.65. The Balaban J connectivity index is 3.14. The van der Waals surface area contributed by atoms with Crippen molar-refractivity contribution >= 4 is 0 Å². The number of rotatable bonds is 2. The highest BCUT2D eigenvalue weighted by molar-refractivity contribution is 4.58. The van der Waals surface area contributed by atoms with E-state index in [0.717, 1.165) is 0 Å². The molecule has 0 saturated carbocycles. The van der Waals surface area contributed by atoms with Gasteiger partial charge in [-0.2, -0.15) is 0 Å². The maximum atomic E-state index is 11.3. The standard InChI is InChI=1S/C4H9F2N/c1-2-3(7)4(5)6/h3-4H,2,7H2,1H3/t3-/m0/s1. The molecule has 0 unspecified atom stereocenters. The van der Waals surface area contributed by atoms with E-state index in [4.69, 9.17) is 5.73 Å². The van der Waals surface area contributed by atoms with Crippen molar-refractivity contribution in [1.29, 1.82) is 0 Å². The molecule has 7 heavy (non-hydrogen) atoms. The summed E-state index contributed by atoms with van der Waals surface area (Å²) in [5.41, 5.74) is 4.87. The molecule has 2 N–H and O–H groups in total. The van der Waals surface area contributed by atoms with Gasteiger partial charge in [-0.1, -0.05) is 6.92 Å². The minimum Gasteiger partial charge on any atom is -0.323 e. The highest BCUT2D eigenvalue weighted by atomic mass is 19.3. The number of nitrogens with two attached hydrogens (primary N) is 1. The van der Waals surface area contributed by atoms with Crippen LogP contribution in [0.4, 0.5) is 8.78 Å². The molecular formula is C4H9F2N. The minimum absolute atomic E-state index is 0.345. The van der Waals surface area contributed by atoms with Crippen molar-refractivity contribution in [3.63, 3.8) is 0 Å². The zero-order valence-corrected chi connectivity index (χ0v) is 4.20. The SMILES string of the molecule is CC[C@H](N)C(F)F. The Morgan fingerprint density at radius 3 is 2.00 bits per heavy atom. The first kappa shape index (κ1) is 6.82. The minimum atomic E-state index is -2.36. The van der Waals surface area contributed by atoms with Crippen LogP contribution in [0.25, 0.3) is 0 Å². The maximum Gasteiger partial charge on any atom is 0.253 e. The molecule has 0 heterocycles. The van der Waals surface area contributed by atoms with Crippen LogP contribution in [0.1, 0.15) is 13.3 Å². The van der Waals surface area contributed by atoms with Gasteiger partial charge in [-0.05, 0) is 6.42 Å². The molecular weight excluding hydrogens is 100 g/mol. The van der Waals surface area contributed by atoms with Crippen molar-refractivity contribution in [3.05, 3.63) is 0 Å². The molecule has 0 aromatic carbocycles.